The van der Waals surface area contributed by atoms with Crippen LogP contribution in [-0.2, 0) is 32.3 Å². The van der Waals surface area contributed by atoms with Crippen LogP contribution in [0.1, 0.15) is 60.6 Å². The predicted molar refractivity (Wildman–Crippen MR) is 182 cm³/mol. The van der Waals surface area contributed by atoms with E-state index in [0.29, 0.717) is 35.2 Å². The van der Waals surface area contributed by atoms with Crippen molar-refractivity contribution >= 4 is 0 Å². The summed E-state index contributed by atoms with van der Waals surface area (Å²) in [4.78, 5) is 8.74. The Balaban J connectivity index is 1.19. The van der Waals surface area contributed by atoms with Gasteiger partial charge in [-0.3, -0.25) is 4.98 Å². The molecule has 0 spiro atoms. The normalized spacial score (nSPS) is 30.9. The molecule has 1 saturated carbocycles. The van der Waals surface area contributed by atoms with E-state index in [9.17, 15) is 54.7 Å². The van der Waals surface area contributed by atoms with Gasteiger partial charge in [-0.15, -0.1) is 0 Å². The molecule has 11 atom stereocenters. The Hall–Kier alpha value is -3.50. The zero-order valence-corrected chi connectivity index (χ0v) is 29.9. The van der Waals surface area contributed by atoms with Crippen molar-refractivity contribution in [3.8, 4) is 11.6 Å². The van der Waals surface area contributed by atoms with Crippen molar-refractivity contribution in [3.63, 3.8) is 0 Å². The molecule has 0 bridgehead atoms. The second kappa shape index (κ2) is 16.5. The molecule has 3 fully saturated rings. The van der Waals surface area contributed by atoms with E-state index in [1.165, 1.54) is 24.4 Å². The van der Waals surface area contributed by atoms with E-state index in [1.54, 1.807) is 38.2 Å². The van der Waals surface area contributed by atoms with E-state index in [1.807, 2.05) is 0 Å². The highest BCUT2D eigenvalue weighted by molar-refractivity contribution is 5.44. The van der Waals surface area contributed by atoms with Gasteiger partial charge in [-0.1, -0.05) is 18.2 Å². The van der Waals surface area contributed by atoms with E-state index in [4.69, 9.17) is 23.7 Å². The van der Waals surface area contributed by atoms with Crippen molar-refractivity contribution in [1.29, 1.82) is 0 Å². The Morgan fingerprint density at radius 1 is 0.764 bits per heavy atom. The van der Waals surface area contributed by atoms with Gasteiger partial charge >= 0.3 is 6.11 Å². The Bertz CT molecular complexity index is 1720. The lowest BCUT2D eigenvalue weighted by Gasteiger charge is -2.45. The molecule has 2 aromatic heterocycles. The lowest BCUT2D eigenvalue weighted by Crippen LogP contribution is -2.65. The first-order valence-corrected chi connectivity index (χ1v) is 17.8. The second-order valence-electron chi connectivity index (χ2n) is 14.5. The number of hydrogen-bond donors (Lipinski definition) is 9. The van der Waals surface area contributed by atoms with Gasteiger partial charge in [0, 0.05) is 24.4 Å². The molecule has 4 unspecified atom stereocenters. The number of benzene rings is 1. The third-order valence-corrected chi connectivity index (χ3v) is 9.80. The molecule has 55 heavy (non-hydrogen) atoms. The van der Waals surface area contributed by atoms with Crippen LogP contribution < -0.4 is 9.47 Å². The standard InChI is InChI=1S/C37H46F2N2O14/c1-36(2,49)26-9-5-19(14-40-26)21(18-4-8-22(37(38,39)50)23(12-18)51-20-6-7-20)11-17-3-10-27(41-13-17)54-34-32(48)30(46)33(25(16-43)53-34)55-35-31(47)29(45)28(44)24(15-42)52-35/h3-5,8-10,12-14,20-21,24-25,28-35,42-50H,6-7,11,15-16H2,1-2H3/t21-,24?,25?,28+,29?,30?,31+,32+,33+,34-,35-/m0/s1. The van der Waals surface area contributed by atoms with Gasteiger partial charge in [0.05, 0.1) is 30.6 Å². The number of aromatic nitrogens is 2. The SMILES string of the molecule is CC(C)(O)c1ccc([C@@H](Cc2ccc(O[C@@H]3OC(CO)[C@@H](O[C@@H]4OC(CO)[C@@H](O)C(O)[C@H]4O)C(O)[C@H]3O)nc2)c2ccc(C(O)(F)F)c(OC3CC3)c2)cn1. The van der Waals surface area contributed by atoms with Crippen molar-refractivity contribution in [3.05, 3.63) is 82.8 Å². The van der Waals surface area contributed by atoms with Crippen molar-refractivity contribution in [1.82, 2.24) is 9.97 Å². The average Bonchev–Trinajstić information content (AvgIpc) is 3.97. The number of aliphatic hydroxyl groups is 9. The van der Waals surface area contributed by atoms with E-state index < -0.39 is 97.8 Å². The highest BCUT2D eigenvalue weighted by Gasteiger charge is 2.51. The molecule has 3 aliphatic rings. The highest BCUT2D eigenvalue weighted by atomic mass is 19.3. The summed E-state index contributed by atoms with van der Waals surface area (Å²) >= 11 is 0. The van der Waals surface area contributed by atoms with Crippen LogP contribution in [0.2, 0.25) is 0 Å². The molecule has 2 saturated heterocycles. The minimum atomic E-state index is -4.13. The predicted octanol–water partition coefficient (Wildman–Crippen LogP) is -0.336. The quantitative estimate of drug-likeness (QED) is 0.102. The van der Waals surface area contributed by atoms with Gasteiger partial charge in [0.1, 0.15) is 60.2 Å². The number of nitrogens with zero attached hydrogens (tertiary/aromatic N) is 2. The van der Waals surface area contributed by atoms with Crippen molar-refractivity contribution in [2.75, 3.05) is 13.2 Å². The van der Waals surface area contributed by atoms with Crippen LogP contribution in [0, 0.1) is 0 Å². The topological polar surface area (TPSA) is 254 Å². The number of rotatable bonds is 14. The molecule has 2 aliphatic heterocycles. The van der Waals surface area contributed by atoms with Gasteiger partial charge in [-0.25, -0.2) is 4.98 Å². The van der Waals surface area contributed by atoms with Crippen LogP contribution in [-0.4, -0.2) is 137 Å². The smallest absolute Gasteiger partial charge is 0.384 e. The summed E-state index contributed by atoms with van der Waals surface area (Å²) in [5.74, 6) is -0.687. The summed E-state index contributed by atoms with van der Waals surface area (Å²) in [5.41, 5.74) is 0.444. The molecule has 1 aliphatic carbocycles. The molecule has 6 rings (SSSR count). The third kappa shape index (κ3) is 9.39. The Morgan fingerprint density at radius 2 is 1.44 bits per heavy atom. The lowest BCUT2D eigenvalue weighted by molar-refractivity contribution is -0.352. The first kappa shape index (κ1) is 41.1. The van der Waals surface area contributed by atoms with Crippen molar-refractivity contribution < 1.29 is 78.4 Å². The Kier molecular flexibility index (Phi) is 12.4. The molecule has 0 radical (unpaired) electrons. The first-order valence-electron chi connectivity index (χ1n) is 17.8. The fourth-order valence-electron chi connectivity index (χ4n) is 6.48. The maximum atomic E-state index is 14.1. The summed E-state index contributed by atoms with van der Waals surface area (Å²) in [6.07, 6.45) is -15.9. The molecule has 16 nitrogen and oxygen atoms in total. The molecule has 18 heteroatoms. The second-order valence-corrected chi connectivity index (χ2v) is 14.5. The van der Waals surface area contributed by atoms with Crippen LogP contribution in [0.25, 0.3) is 0 Å². The average molecular weight is 781 g/mol. The summed E-state index contributed by atoms with van der Waals surface area (Å²) < 4.78 is 56.4. The zero-order valence-electron chi connectivity index (χ0n) is 29.9. The fourth-order valence-corrected chi connectivity index (χ4v) is 6.48. The van der Waals surface area contributed by atoms with Gasteiger partial charge in [-0.05, 0) is 68.0 Å². The van der Waals surface area contributed by atoms with Gasteiger partial charge < -0.3 is 69.6 Å². The molecule has 302 valence electrons. The maximum absolute atomic E-state index is 14.1. The molecule has 0 amide bonds. The van der Waals surface area contributed by atoms with Gasteiger partial charge in [-0.2, -0.15) is 8.78 Å². The summed E-state index contributed by atoms with van der Waals surface area (Å²) in [7, 11) is 0. The number of pyridine rings is 2. The van der Waals surface area contributed by atoms with Crippen LogP contribution in [0.15, 0.2) is 54.9 Å². The van der Waals surface area contributed by atoms with Crippen LogP contribution >= 0.6 is 0 Å². The van der Waals surface area contributed by atoms with Gasteiger partial charge in [0.15, 0.2) is 6.29 Å². The fraction of sp³-hybridized carbons (Fsp3) is 0.568. The molecule has 3 aromatic rings. The summed E-state index contributed by atoms with van der Waals surface area (Å²) in [6, 6.07) is 10.6. The van der Waals surface area contributed by atoms with E-state index >= 15 is 0 Å². The van der Waals surface area contributed by atoms with Crippen molar-refractivity contribution in [2.24, 2.45) is 0 Å². The van der Waals surface area contributed by atoms with Crippen molar-refractivity contribution in [2.45, 2.75) is 118 Å². The van der Waals surface area contributed by atoms with E-state index in [-0.39, 0.29) is 24.2 Å². The lowest BCUT2D eigenvalue weighted by atomic mass is 9.86. The minimum absolute atomic E-state index is 0.0487. The zero-order chi connectivity index (χ0) is 39.8. The number of hydrogen-bond acceptors (Lipinski definition) is 16. The molecule has 4 heterocycles. The Labute approximate surface area is 314 Å². The molecule has 9 N–H and O–H groups in total. The minimum Gasteiger partial charge on any atom is -0.490 e. The summed E-state index contributed by atoms with van der Waals surface area (Å²) in [6.45, 7) is 1.70. The molecular formula is C37H46F2N2O14. The Morgan fingerprint density at radius 3 is 2.02 bits per heavy atom. The highest BCUT2D eigenvalue weighted by Crippen LogP contribution is 2.40. The van der Waals surface area contributed by atoms with Crippen LogP contribution in [0.3, 0.4) is 0 Å². The third-order valence-electron chi connectivity index (χ3n) is 9.80. The number of aliphatic hydroxyl groups excluding tert-OH is 7. The van der Waals surface area contributed by atoms with Crippen LogP contribution in [0.5, 0.6) is 11.6 Å². The largest absolute Gasteiger partial charge is 0.490 e. The number of alkyl halides is 2. The maximum Gasteiger partial charge on any atom is 0.384 e. The number of ether oxygens (including phenoxy) is 5. The number of halogens is 2. The first-order chi connectivity index (χ1) is 26.0. The van der Waals surface area contributed by atoms with E-state index in [2.05, 4.69) is 9.97 Å². The van der Waals surface area contributed by atoms with Gasteiger partial charge in [0.2, 0.25) is 12.2 Å². The molecular weight excluding hydrogens is 734 g/mol. The van der Waals surface area contributed by atoms with E-state index in [0.717, 1.165) is 6.07 Å². The summed E-state index contributed by atoms with van der Waals surface area (Å²) in [5, 5.41) is 91.9. The van der Waals surface area contributed by atoms with Crippen LogP contribution in [0.4, 0.5) is 8.78 Å². The monoisotopic (exact) mass is 780 g/mol. The van der Waals surface area contributed by atoms with Gasteiger partial charge in [0.25, 0.3) is 0 Å². The molecule has 1 aromatic carbocycles.